The molecule has 0 aliphatic rings. The second-order valence-corrected chi connectivity index (χ2v) is 11.6. The normalized spacial score (nSPS) is 13.5. The van der Waals surface area contributed by atoms with Crippen molar-refractivity contribution in [2.45, 2.75) is 201 Å². The highest BCUT2D eigenvalue weighted by atomic mass is 14.2. The minimum atomic E-state index is 0.954. The van der Waals surface area contributed by atoms with E-state index in [9.17, 15) is 0 Å². The van der Waals surface area contributed by atoms with Gasteiger partial charge in [0.2, 0.25) is 0 Å². The van der Waals surface area contributed by atoms with E-state index >= 15 is 0 Å². The summed E-state index contributed by atoms with van der Waals surface area (Å²) in [4.78, 5) is 0. The minimum Gasteiger partial charge on any atom is -0.0654 e. The van der Waals surface area contributed by atoms with E-state index in [4.69, 9.17) is 0 Å². The Labute approximate surface area is 212 Å². The predicted molar refractivity (Wildman–Crippen MR) is 154 cm³/mol. The molecule has 0 N–H and O–H groups in total. The Morgan fingerprint density at radius 1 is 0.333 bits per heavy atom. The fourth-order valence-corrected chi connectivity index (χ4v) is 5.47. The van der Waals surface area contributed by atoms with Crippen LogP contribution in [0.2, 0.25) is 0 Å². The Morgan fingerprint density at radius 3 is 1.03 bits per heavy atom. The molecule has 0 aromatic heterocycles. The van der Waals surface area contributed by atoms with Gasteiger partial charge in [-0.2, -0.15) is 0 Å². The summed E-state index contributed by atoms with van der Waals surface area (Å²) in [5.41, 5.74) is 0. The smallest absolute Gasteiger partial charge is 0.0417 e. The number of unbranched alkanes of at least 4 members (excludes halogenated alkanes) is 20. The molecule has 0 nitrogen and oxygen atoms in total. The molecule has 0 heteroatoms. The molecule has 33 heavy (non-hydrogen) atoms. The molecule has 0 radical (unpaired) electrons. The number of rotatable bonds is 28. The van der Waals surface area contributed by atoms with Crippen LogP contribution in [0.5, 0.6) is 0 Å². The van der Waals surface area contributed by atoms with Gasteiger partial charge in [0.25, 0.3) is 0 Å². The molecule has 0 saturated carbocycles. The van der Waals surface area contributed by atoms with E-state index < -0.39 is 0 Å². The molecule has 0 aromatic carbocycles. The van der Waals surface area contributed by atoms with Gasteiger partial charge in [-0.3, -0.25) is 0 Å². The summed E-state index contributed by atoms with van der Waals surface area (Å²) in [6.45, 7) is 9.56. The molecular formula is C33H68. The van der Waals surface area contributed by atoms with Crippen LogP contribution >= 0.6 is 0 Å². The average molecular weight is 465 g/mol. The van der Waals surface area contributed by atoms with E-state index in [1.165, 1.54) is 173 Å². The van der Waals surface area contributed by atoms with E-state index in [2.05, 4.69) is 27.7 Å². The zero-order valence-corrected chi connectivity index (χ0v) is 24.2. The Kier molecular flexibility index (Phi) is 28.2. The molecule has 0 heterocycles. The van der Waals surface area contributed by atoms with Gasteiger partial charge in [0.1, 0.15) is 0 Å². The molecule has 0 aliphatic heterocycles. The van der Waals surface area contributed by atoms with Gasteiger partial charge in [0.05, 0.1) is 0 Å². The number of hydrogen-bond acceptors (Lipinski definition) is 0. The van der Waals surface area contributed by atoms with E-state index in [0.717, 1.165) is 11.8 Å². The van der Waals surface area contributed by atoms with E-state index in [1.807, 2.05) is 0 Å². The first kappa shape index (κ1) is 33.0. The fraction of sp³-hybridized carbons (Fsp3) is 1.00. The summed E-state index contributed by atoms with van der Waals surface area (Å²) in [6, 6.07) is 0. The van der Waals surface area contributed by atoms with Crippen molar-refractivity contribution in [3.63, 3.8) is 0 Å². The maximum absolute atomic E-state index is 2.52. The van der Waals surface area contributed by atoms with Crippen LogP contribution in [0.3, 0.4) is 0 Å². The first-order chi connectivity index (χ1) is 16.2. The highest BCUT2D eigenvalue weighted by Gasteiger charge is 2.09. The third-order valence-electron chi connectivity index (χ3n) is 8.16. The van der Waals surface area contributed by atoms with E-state index in [1.54, 1.807) is 0 Å². The van der Waals surface area contributed by atoms with Crippen molar-refractivity contribution in [2.24, 2.45) is 11.8 Å². The summed E-state index contributed by atoms with van der Waals surface area (Å²) >= 11 is 0. The summed E-state index contributed by atoms with van der Waals surface area (Å²) in [6.07, 6.45) is 39.6. The molecule has 0 amide bonds. The molecule has 2 atom stereocenters. The maximum Gasteiger partial charge on any atom is -0.0417 e. The lowest BCUT2D eigenvalue weighted by atomic mass is 9.88. The van der Waals surface area contributed by atoms with Gasteiger partial charge >= 0.3 is 0 Å². The van der Waals surface area contributed by atoms with Gasteiger partial charge in [-0.1, -0.05) is 201 Å². The van der Waals surface area contributed by atoms with Crippen molar-refractivity contribution < 1.29 is 0 Å². The molecule has 0 aromatic rings. The van der Waals surface area contributed by atoms with Gasteiger partial charge in [-0.25, -0.2) is 0 Å². The molecule has 0 bridgehead atoms. The SMILES string of the molecule is CCCCCCCCCCCCCCC(C)CCC(CC)CCCCCCCCCCCC. The van der Waals surface area contributed by atoms with Crippen molar-refractivity contribution in [3.8, 4) is 0 Å². The minimum absolute atomic E-state index is 0.954. The quantitative estimate of drug-likeness (QED) is 0.101. The van der Waals surface area contributed by atoms with Gasteiger partial charge in [-0.05, 0) is 11.8 Å². The molecular weight excluding hydrogens is 396 g/mol. The van der Waals surface area contributed by atoms with Crippen LogP contribution in [0.15, 0.2) is 0 Å². The number of hydrogen-bond donors (Lipinski definition) is 0. The third kappa shape index (κ3) is 26.4. The highest BCUT2D eigenvalue weighted by Crippen LogP contribution is 2.24. The third-order valence-corrected chi connectivity index (χ3v) is 8.16. The molecule has 0 rings (SSSR count). The average Bonchev–Trinajstić information content (AvgIpc) is 2.82. The highest BCUT2D eigenvalue weighted by molar-refractivity contribution is 4.62. The van der Waals surface area contributed by atoms with Crippen LogP contribution in [-0.4, -0.2) is 0 Å². The molecule has 0 spiro atoms. The summed E-state index contributed by atoms with van der Waals surface area (Å²) in [7, 11) is 0. The van der Waals surface area contributed by atoms with E-state index in [0.29, 0.717) is 0 Å². The predicted octanol–water partition coefficient (Wildman–Crippen LogP) is 12.8. The van der Waals surface area contributed by atoms with Crippen LogP contribution in [-0.2, 0) is 0 Å². The molecule has 2 unspecified atom stereocenters. The Balaban J connectivity index is 3.41. The van der Waals surface area contributed by atoms with Gasteiger partial charge in [0, 0.05) is 0 Å². The first-order valence-electron chi connectivity index (χ1n) is 16.2. The lowest BCUT2D eigenvalue weighted by Gasteiger charge is -2.18. The van der Waals surface area contributed by atoms with Gasteiger partial charge in [0.15, 0.2) is 0 Å². The summed E-state index contributed by atoms with van der Waals surface area (Å²) in [5.74, 6) is 1.96. The molecule has 0 fully saturated rings. The largest absolute Gasteiger partial charge is 0.0654 e. The van der Waals surface area contributed by atoms with Gasteiger partial charge < -0.3 is 0 Å². The van der Waals surface area contributed by atoms with Crippen molar-refractivity contribution in [1.82, 2.24) is 0 Å². The van der Waals surface area contributed by atoms with Crippen LogP contribution in [0.1, 0.15) is 201 Å². The van der Waals surface area contributed by atoms with Crippen LogP contribution in [0.25, 0.3) is 0 Å². The van der Waals surface area contributed by atoms with Crippen LogP contribution in [0.4, 0.5) is 0 Å². The molecule has 0 saturated heterocycles. The van der Waals surface area contributed by atoms with Crippen LogP contribution < -0.4 is 0 Å². The zero-order valence-electron chi connectivity index (χ0n) is 24.2. The monoisotopic (exact) mass is 465 g/mol. The summed E-state index contributed by atoms with van der Waals surface area (Å²) < 4.78 is 0. The van der Waals surface area contributed by atoms with Crippen molar-refractivity contribution >= 4 is 0 Å². The second-order valence-electron chi connectivity index (χ2n) is 11.6. The second kappa shape index (κ2) is 28.2. The van der Waals surface area contributed by atoms with Crippen LogP contribution in [0, 0.1) is 11.8 Å². The molecule has 200 valence electrons. The standard InChI is InChI=1S/C33H68/c1-5-8-10-12-14-16-18-19-20-22-24-26-28-32(4)30-31-33(7-3)29-27-25-23-21-17-15-13-11-9-6-2/h32-33H,5-31H2,1-4H3. The lowest BCUT2D eigenvalue weighted by Crippen LogP contribution is -2.03. The summed E-state index contributed by atoms with van der Waals surface area (Å²) in [5, 5.41) is 0. The Bertz CT molecular complexity index is 333. The van der Waals surface area contributed by atoms with Gasteiger partial charge in [-0.15, -0.1) is 0 Å². The Morgan fingerprint density at radius 2 is 0.667 bits per heavy atom. The zero-order chi connectivity index (χ0) is 24.2. The van der Waals surface area contributed by atoms with Crippen molar-refractivity contribution in [1.29, 1.82) is 0 Å². The van der Waals surface area contributed by atoms with E-state index in [-0.39, 0.29) is 0 Å². The first-order valence-corrected chi connectivity index (χ1v) is 16.2. The fourth-order valence-electron chi connectivity index (χ4n) is 5.47. The topological polar surface area (TPSA) is 0 Å². The molecule has 0 aliphatic carbocycles. The maximum atomic E-state index is 2.52. The lowest BCUT2D eigenvalue weighted by molar-refractivity contribution is 0.352. The van der Waals surface area contributed by atoms with Crippen molar-refractivity contribution in [3.05, 3.63) is 0 Å². The Hall–Kier alpha value is 0. The van der Waals surface area contributed by atoms with Crippen molar-refractivity contribution in [2.75, 3.05) is 0 Å².